The SMILES string of the molecule is CSc1nnc(Sc2ccc([C@@H](C)N)cc2F)s1. The first-order valence-corrected chi connectivity index (χ1v) is 8.06. The van der Waals surface area contributed by atoms with Gasteiger partial charge in [-0.25, -0.2) is 4.39 Å². The smallest absolute Gasteiger partial charge is 0.179 e. The van der Waals surface area contributed by atoms with Crippen molar-refractivity contribution in [1.82, 2.24) is 10.2 Å². The van der Waals surface area contributed by atoms with E-state index in [0.29, 0.717) is 4.90 Å². The van der Waals surface area contributed by atoms with Crippen molar-refractivity contribution in [1.29, 1.82) is 0 Å². The molecule has 0 saturated carbocycles. The highest BCUT2D eigenvalue weighted by Crippen LogP contribution is 2.34. The van der Waals surface area contributed by atoms with Crippen LogP contribution in [0.3, 0.4) is 0 Å². The first kappa shape index (κ1) is 13.8. The fourth-order valence-corrected chi connectivity index (χ4v) is 3.70. The lowest BCUT2D eigenvalue weighted by atomic mass is 10.1. The van der Waals surface area contributed by atoms with Crippen molar-refractivity contribution in [2.75, 3.05) is 6.26 Å². The molecular formula is C11H12FN3S3. The van der Waals surface area contributed by atoms with E-state index in [1.807, 2.05) is 19.2 Å². The fraction of sp³-hybridized carbons (Fsp3) is 0.273. The average Bonchev–Trinajstić information content (AvgIpc) is 2.79. The van der Waals surface area contributed by atoms with E-state index in [2.05, 4.69) is 10.2 Å². The minimum absolute atomic E-state index is 0.164. The summed E-state index contributed by atoms with van der Waals surface area (Å²) in [6.07, 6.45) is 1.94. The quantitative estimate of drug-likeness (QED) is 0.875. The van der Waals surface area contributed by atoms with Gasteiger partial charge in [0, 0.05) is 6.04 Å². The predicted molar refractivity (Wildman–Crippen MR) is 74.8 cm³/mol. The molecule has 1 heterocycles. The van der Waals surface area contributed by atoms with Crippen LogP contribution in [0.4, 0.5) is 4.39 Å². The number of nitrogens with two attached hydrogens (primary N) is 1. The molecule has 3 nitrogen and oxygen atoms in total. The van der Waals surface area contributed by atoms with E-state index in [1.165, 1.54) is 40.9 Å². The van der Waals surface area contributed by atoms with Gasteiger partial charge in [-0.1, -0.05) is 40.9 Å². The Balaban J connectivity index is 2.19. The lowest BCUT2D eigenvalue weighted by Gasteiger charge is -2.07. The van der Waals surface area contributed by atoms with Crippen LogP contribution in [0.1, 0.15) is 18.5 Å². The third-order valence-electron chi connectivity index (χ3n) is 2.24. The molecule has 2 aromatic rings. The highest BCUT2D eigenvalue weighted by Gasteiger charge is 2.10. The maximum absolute atomic E-state index is 13.9. The van der Waals surface area contributed by atoms with Gasteiger partial charge >= 0.3 is 0 Å². The Hall–Kier alpha value is -0.630. The van der Waals surface area contributed by atoms with Crippen molar-refractivity contribution in [2.45, 2.75) is 26.5 Å². The van der Waals surface area contributed by atoms with E-state index < -0.39 is 0 Å². The third-order valence-corrected chi connectivity index (χ3v) is 5.24. The van der Waals surface area contributed by atoms with E-state index in [1.54, 1.807) is 6.07 Å². The molecule has 0 aliphatic carbocycles. The number of hydrogen-bond donors (Lipinski definition) is 1. The standard InChI is InChI=1S/C11H12FN3S3/c1-6(13)7-3-4-9(8(12)5-7)17-11-15-14-10(16-2)18-11/h3-6H,13H2,1-2H3/t6-/m1/s1. The van der Waals surface area contributed by atoms with Crippen molar-refractivity contribution >= 4 is 34.9 Å². The molecule has 1 atom stereocenters. The van der Waals surface area contributed by atoms with Gasteiger partial charge < -0.3 is 5.73 Å². The summed E-state index contributed by atoms with van der Waals surface area (Å²) in [4.78, 5) is 0.545. The van der Waals surface area contributed by atoms with E-state index in [9.17, 15) is 4.39 Å². The molecule has 2 rings (SSSR count). The second kappa shape index (κ2) is 6.01. The highest BCUT2D eigenvalue weighted by molar-refractivity contribution is 8.03. The molecule has 0 aliphatic heterocycles. The minimum Gasteiger partial charge on any atom is -0.324 e. The molecule has 0 saturated heterocycles. The normalized spacial score (nSPS) is 12.7. The lowest BCUT2D eigenvalue weighted by Crippen LogP contribution is -2.05. The van der Waals surface area contributed by atoms with E-state index in [0.717, 1.165) is 14.2 Å². The number of nitrogens with zero attached hydrogens (tertiary/aromatic N) is 2. The Morgan fingerprint density at radius 2 is 2.06 bits per heavy atom. The van der Waals surface area contributed by atoms with Crippen LogP contribution >= 0.6 is 34.9 Å². The third kappa shape index (κ3) is 3.23. The summed E-state index contributed by atoms with van der Waals surface area (Å²) in [6.45, 7) is 1.83. The van der Waals surface area contributed by atoms with Gasteiger partial charge in [-0.15, -0.1) is 10.2 Å². The van der Waals surface area contributed by atoms with E-state index in [-0.39, 0.29) is 11.9 Å². The summed E-state index contributed by atoms with van der Waals surface area (Å²) in [7, 11) is 0. The molecule has 96 valence electrons. The fourth-order valence-electron chi connectivity index (χ4n) is 1.30. The molecule has 7 heteroatoms. The molecule has 1 aromatic heterocycles. The van der Waals surface area contributed by atoms with Gasteiger partial charge in [-0.2, -0.15) is 0 Å². The van der Waals surface area contributed by atoms with Crippen LogP contribution in [0.5, 0.6) is 0 Å². The van der Waals surface area contributed by atoms with Crippen LogP contribution in [-0.4, -0.2) is 16.5 Å². The van der Waals surface area contributed by atoms with Gasteiger partial charge in [-0.05, 0) is 30.9 Å². The molecule has 0 radical (unpaired) electrons. The second-order valence-electron chi connectivity index (χ2n) is 3.62. The maximum atomic E-state index is 13.9. The number of rotatable bonds is 4. The van der Waals surface area contributed by atoms with Crippen LogP contribution in [0.2, 0.25) is 0 Å². The predicted octanol–water partition coefficient (Wildman–Crippen LogP) is 3.57. The van der Waals surface area contributed by atoms with Gasteiger partial charge in [-0.3, -0.25) is 0 Å². The van der Waals surface area contributed by atoms with Crippen molar-refractivity contribution < 1.29 is 4.39 Å². The van der Waals surface area contributed by atoms with Crippen LogP contribution < -0.4 is 5.73 Å². The Bertz CT molecular complexity index is 542. The molecule has 0 aliphatic rings. The van der Waals surface area contributed by atoms with Gasteiger partial charge in [0.15, 0.2) is 8.68 Å². The van der Waals surface area contributed by atoms with Crippen molar-refractivity contribution in [3.05, 3.63) is 29.6 Å². The van der Waals surface area contributed by atoms with Gasteiger partial charge in [0.05, 0.1) is 4.90 Å². The van der Waals surface area contributed by atoms with Gasteiger partial charge in [0.2, 0.25) is 0 Å². The molecule has 1 aromatic carbocycles. The maximum Gasteiger partial charge on any atom is 0.179 e. The number of thioether (sulfide) groups is 1. The van der Waals surface area contributed by atoms with Crippen molar-refractivity contribution in [3.63, 3.8) is 0 Å². The summed E-state index contributed by atoms with van der Waals surface area (Å²) in [5, 5.41) is 7.97. The Morgan fingerprint density at radius 3 is 2.61 bits per heavy atom. The Kier molecular flexibility index (Phi) is 4.60. The Labute approximate surface area is 117 Å². The van der Waals surface area contributed by atoms with Crippen LogP contribution in [0.15, 0.2) is 31.8 Å². The molecule has 0 amide bonds. The molecule has 0 unspecified atom stereocenters. The minimum atomic E-state index is -0.268. The van der Waals surface area contributed by atoms with Crippen molar-refractivity contribution in [3.8, 4) is 0 Å². The number of hydrogen-bond acceptors (Lipinski definition) is 6. The molecule has 18 heavy (non-hydrogen) atoms. The number of halogens is 1. The molecule has 0 spiro atoms. The van der Waals surface area contributed by atoms with E-state index in [4.69, 9.17) is 5.73 Å². The zero-order valence-corrected chi connectivity index (χ0v) is 12.3. The lowest BCUT2D eigenvalue weighted by molar-refractivity contribution is 0.596. The zero-order valence-electron chi connectivity index (χ0n) is 9.88. The molecule has 0 bridgehead atoms. The Morgan fingerprint density at radius 1 is 1.33 bits per heavy atom. The van der Waals surface area contributed by atoms with Crippen LogP contribution in [0.25, 0.3) is 0 Å². The second-order valence-corrected chi connectivity index (χ2v) is 6.94. The van der Waals surface area contributed by atoms with E-state index >= 15 is 0 Å². The summed E-state index contributed by atoms with van der Waals surface area (Å²) >= 11 is 4.28. The van der Waals surface area contributed by atoms with Gasteiger partial charge in [0.1, 0.15) is 5.82 Å². The average molecular weight is 301 g/mol. The summed E-state index contributed by atoms with van der Waals surface area (Å²) in [5.41, 5.74) is 6.50. The first-order chi connectivity index (χ1) is 8.60. The van der Waals surface area contributed by atoms with Gasteiger partial charge in [0.25, 0.3) is 0 Å². The number of aromatic nitrogens is 2. The van der Waals surface area contributed by atoms with Crippen molar-refractivity contribution in [2.24, 2.45) is 5.73 Å². The molecule has 0 fully saturated rings. The topological polar surface area (TPSA) is 51.8 Å². The summed E-state index contributed by atoms with van der Waals surface area (Å²) in [6, 6.07) is 4.89. The van der Waals surface area contributed by atoms with Crippen LogP contribution in [0, 0.1) is 5.82 Å². The summed E-state index contributed by atoms with van der Waals surface area (Å²) in [5.74, 6) is -0.268. The highest BCUT2D eigenvalue weighted by atomic mass is 32.2. The van der Waals surface area contributed by atoms with Crippen LogP contribution in [-0.2, 0) is 0 Å². The number of benzene rings is 1. The molecular weight excluding hydrogens is 289 g/mol. The monoisotopic (exact) mass is 301 g/mol. The zero-order chi connectivity index (χ0) is 13.1. The summed E-state index contributed by atoms with van der Waals surface area (Å²) < 4.78 is 15.5. The largest absolute Gasteiger partial charge is 0.324 e. The first-order valence-electron chi connectivity index (χ1n) is 5.20. The molecule has 2 N–H and O–H groups in total.